The minimum atomic E-state index is -4.01. The van der Waals surface area contributed by atoms with Gasteiger partial charge in [0.15, 0.2) is 0 Å². The fourth-order valence-corrected chi connectivity index (χ4v) is 5.96. The van der Waals surface area contributed by atoms with Crippen molar-refractivity contribution in [3.63, 3.8) is 0 Å². The molecule has 0 bridgehead atoms. The van der Waals surface area contributed by atoms with E-state index in [1.54, 1.807) is 19.1 Å². The van der Waals surface area contributed by atoms with Gasteiger partial charge in [-0.15, -0.1) is 0 Å². The first-order valence-corrected chi connectivity index (χ1v) is 12.7. The second-order valence-electron chi connectivity index (χ2n) is 7.13. The van der Waals surface area contributed by atoms with Crippen LogP contribution in [0.5, 0.6) is 11.5 Å². The molecule has 1 aliphatic rings. The Morgan fingerprint density at radius 2 is 1.77 bits per heavy atom. The first-order chi connectivity index (χ1) is 14.7. The number of carbonyl (C=O) groups is 1. The van der Waals surface area contributed by atoms with Crippen molar-refractivity contribution in [1.29, 1.82) is 0 Å². The van der Waals surface area contributed by atoms with Crippen LogP contribution in [0, 0.1) is 6.92 Å². The lowest BCUT2D eigenvalue weighted by Crippen LogP contribution is -2.37. The fourth-order valence-electron chi connectivity index (χ4n) is 3.28. The van der Waals surface area contributed by atoms with Gasteiger partial charge in [0, 0.05) is 17.7 Å². The van der Waals surface area contributed by atoms with Crippen molar-refractivity contribution >= 4 is 45.0 Å². The Kier molecular flexibility index (Phi) is 7.61. The Balaban J connectivity index is 1.88. The van der Waals surface area contributed by atoms with E-state index in [0.717, 1.165) is 24.3 Å². The standard InChI is InChI=1S/C21H25ClN2O5S2/c1-13-4-5-14(21(25)23-15-6-8-30-9-7-15)10-20(13)31(26,27)24-17-11-16(22)18(28-2)12-19(17)29-3/h4-5,10-12,15,24H,6-9H2,1-3H3,(H,23,25). The number of sulfonamides is 1. The maximum Gasteiger partial charge on any atom is 0.262 e. The van der Waals surface area contributed by atoms with Gasteiger partial charge in [0.05, 0.1) is 29.8 Å². The molecule has 0 radical (unpaired) electrons. The first kappa shape index (κ1) is 23.6. The maximum absolute atomic E-state index is 13.1. The molecule has 2 N–H and O–H groups in total. The minimum absolute atomic E-state index is 0.00773. The summed E-state index contributed by atoms with van der Waals surface area (Å²) in [5.74, 6) is 2.35. The third kappa shape index (κ3) is 5.58. The normalized spacial score (nSPS) is 14.7. The number of amides is 1. The average Bonchev–Trinajstić information content (AvgIpc) is 2.74. The largest absolute Gasteiger partial charge is 0.495 e. The topological polar surface area (TPSA) is 93.7 Å². The maximum atomic E-state index is 13.1. The zero-order valence-electron chi connectivity index (χ0n) is 17.5. The third-order valence-corrected chi connectivity index (χ3v) is 7.87. The Morgan fingerprint density at radius 3 is 2.42 bits per heavy atom. The van der Waals surface area contributed by atoms with Crippen LogP contribution in [0.2, 0.25) is 5.02 Å². The summed E-state index contributed by atoms with van der Waals surface area (Å²) < 4.78 is 39.2. The first-order valence-electron chi connectivity index (χ1n) is 9.68. The van der Waals surface area contributed by atoms with E-state index in [9.17, 15) is 13.2 Å². The van der Waals surface area contributed by atoms with Gasteiger partial charge in [-0.1, -0.05) is 17.7 Å². The van der Waals surface area contributed by atoms with Crippen molar-refractivity contribution in [1.82, 2.24) is 5.32 Å². The SMILES string of the molecule is COc1cc(OC)c(NS(=O)(=O)c2cc(C(=O)NC3CCSCC3)ccc2C)cc1Cl. The number of thioether (sulfide) groups is 1. The summed E-state index contributed by atoms with van der Waals surface area (Å²) >= 11 is 8.02. The zero-order chi connectivity index (χ0) is 22.6. The Bertz CT molecular complexity index is 1070. The molecule has 1 amide bonds. The molecule has 0 saturated carbocycles. The van der Waals surface area contributed by atoms with Crippen molar-refractivity contribution in [3.8, 4) is 11.5 Å². The summed E-state index contributed by atoms with van der Waals surface area (Å²) in [7, 11) is -1.14. The van der Waals surface area contributed by atoms with E-state index in [2.05, 4.69) is 10.0 Å². The number of benzene rings is 2. The van der Waals surface area contributed by atoms with E-state index in [1.165, 1.54) is 32.4 Å². The van der Waals surface area contributed by atoms with Crippen LogP contribution in [0.15, 0.2) is 35.2 Å². The molecule has 1 fully saturated rings. The second-order valence-corrected chi connectivity index (χ2v) is 10.4. The number of aryl methyl sites for hydroxylation is 1. The number of methoxy groups -OCH3 is 2. The third-order valence-electron chi connectivity index (χ3n) is 5.01. The summed E-state index contributed by atoms with van der Waals surface area (Å²) in [5, 5.41) is 3.24. The van der Waals surface area contributed by atoms with Gasteiger partial charge in [-0.25, -0.2) is 8.42 Å². The second kappa shape index (κ2) is 10.0. The summed E-state index contributed by atoms with van der Waals surface area (Å²) in [5.41, 5.74) is 0.975. The lowest BCUT2D eigenvalue weighted by Gasteiger charge is -2.22. The quantitative estimate of drug-likeness (QED) is 0.614. The van der Waals surface area contributed by atoms with Gasteiger partial charge in [0.2, 0.25) is 0 Å². The van der Waals surface area contributed by atoms with Crippen LogP contribution >= 0.6 is 23.4 Å². The van der Waals surface area contributed by atoms with Crippen molar-refractivity contribution in [2.45, 2.75) is 30.7 Å². The van der Waals surface area contributed by atoms with Gasteiger partial charge in [0.25, 0.3) is 15.9 Å². The van der Waals surface area contributed by atoms with Gasteiger partial charge < -0.3 is 14.8 Å². The van der Waals surface area contributed by atoms with Gasteiger partial charge >= 0.3 is 0 Å². The van der Waals surface area contributed by atoms with Crippen LogP contribution in [0.25, 0.3) is 0 Å². The molecule has 0 aromatic heterocycles. The highest BCUT2D eigenvalue weighted by Crippen LogP contribution is 2.37. The highest BCUT2D eigenvalue weighted by Gasteiger charge is 2.23. The fraction of sp³-hybridized carbons (Fsp3) is 0.381. The van der Waals surface area contributed by atoms with E-state index in [4.69, 9.17) is 21.1 Å². The number of nitrogens with one attached hydrogen (secondary N) is 2. The van der Waals surface area contributed by atoms with E-state index in [0.29, 0.717) is 16.9 Å². The van der Waals surface area contributed by atoms with Gasteiger partial charge in [-0.3, -0.25) is 9.52 Å². The summed E-state index contributed by atoms with van der Waals surface area (Å²) in [4.78, 5) is 12.7. The molecule has 0 atom stereocenters. The number of ether oxygens (including phenoxy) is 2. The number of anilines is 1. The van der Waals surface area contributed by atoms with Crippen molar-refractivity contribution in [2.24, 2.45) is 0 Å². The van der Waals surface area contributed by atoms with E-state index < -0.39 is 10.0 Å². The molecule has 10 heteroatoms. The predicted octanol–water partition coefficient (Wildman–Crippen LogP) is 4.09. The van der Waals surface area contributed by atoms with Crippen LogP contribution in [-0.4, -0.2) is 46.1 Å². The lowest BCUT2D eigenvalue weighted by atomic mass is 10.1. The van der Waals surface area contributed by atoms with Crippen molar-refractivity contribution in [3.05, 3.63) is 46.5 Å². The number of carbonyl (C=O) groups excluding carboxylic acids is 1. The monoisotopic (exact) mass is 484 g/mol. The highest BCUT2D eigenvalue weighted by molar-refractivity contribution is 7.99. The molecule has 0 aliphatic carbocycles. The van der Waals surface area contributed by atoms with Crippen LogP contribution in [-0.2, 0) is 10.0 Å². The van der Waals surface area contributed by atoms with Gasteiger partial charge in [-0.05, 0) is 55.0 Å². The molecule has 2 aromatic rings. The summed E-state index contributed by atoms with van der Waals surface area (Å²) in [6.45, 7) is 1.67. The molecule has 1 saturated heterocycles. The van der Waals surface area contributed by atoms with E-state index >= 15 is 0 Å². The Morgan fingerprint density at radius 1 is 1.10 bits per heavy atom. The number of hydrogen-bond acceptors (Lipinski definition) is 6. The average molecular weight is 485 g/mol. The van der Waals surface area contributed by atoms with Crippen LogP contribution in [0.1, 0.15) is 28.8 Å². The molecule has 0 spiro atoms. The molecular formula is C21H25ClN2O5S2. The predicted molar refractivity (Wildman–Crippen MR) is 124 cm³/mol. The molecule has 31 heavy (non-hydrogen) atoms. The van der Waals surface area contributed by atoms with Crippen LogP contribution in [0.4, 0.5) is 5.69 Å². The number of hydrogen-bond donors (Lipinski definition) is 2. The summed E-state index contributed by atoms with van der Waals surface area (Å²) in [6.07, 6.45) is 1.82. The molecule has 1 heterocycles. The van der Waals surface area contributed by atoms with Gasteiger partial charge in [0.1, 0.15) is 11.5 Å². The molecule has 2 aromatic carbocycles. The molecule has 0 unspecified atom stereocenters. The Hall–Kier alpha value is -2.10. The van der Waals surface area contributed by atoms with Crippen molar-refractivity contribution < 1.29 is 22.7 Å². The molecule has 7 nitrogen and oxygen atoms in total. The van der Waals surface area contributed by atoms with E-state index in [1.807, 2.05) is 11.8 Å². The van der Waals surface area contributed by atoms with Gasteiger partial charge in [-0.2, -0.15) is 11.8 Å². The van der Waals surface area contributed by atoms with E-state index in [-0.39, 0.29) is 33.3 Å². The zero-order valence-corrected chi connectivity index (χ0v) is 19.9. The molecule has 3 rings (SSSR count). The van der Waals surface area contributed by atoms with Crippen LogP contribution in [0.3, 0.4) is 0 Å². The summed E-state index contributed by atoms with van der Waals surface area (Å²) in [6, 6.07) is 7.68. The molecule has 168 valence electrons. The smallest absolute Gasteiger partial charge is 0.262 e. The minimum Gasteiger partial charge on any atom is -0.495 e. The number of halogens is 1. The highest BCUT2D eigenvalue weighted by atomic mass is 35.5. The molecular weight excluding hydrogens is 460 g/mol. The molecule has 1 aliphatic heterocycles. The lowest BCUT2D eigenvalue weighted by molar-refractivity contribution is 0.0934. The Labute approximate surface area is 191 Å². The van der Waals surface area contributed by atoms with Crippen LogP contribution < -0.4 is 19.5 Å². The number of rotatable bonds is 7. The van der Waals surface area contributed by atoms with Crippen molar-refractivity contribution in [2.75, 3.05) is 30.4 Å².